The molecule has 24 heavy (non-hydrogen) atoms. The van der Waals surface area contributed by atoms with Crippen LogP contribution in [-0.2, 0) is 0 Å². The average molecular weight is 318 g/mol. The van der Waals surface area contributed by atoms with Crippen molar-refractivity contribution in [3.05, 3.63) is 76.6 Å². The van der Waals surface area contributed by atoms with Gasteiger partial charge in [-0.1, -0.05) is 53.6 Å². The lowest BCUT2D eigenvalue weighted by Crippen LogP contribution is -2.28. The molecule has 0 saturated carbocycles. The van der Waals surface area contributed by atoms with E-state index in [1.165, 1.54) is 27.8 Å². The Morgan fingerprint density at radius 3 is 2.50 bits per heavy atom. The van der Waals surface area contributed by atoms with E-state index in [1.807, 2.05) is 4.68 Å². The largest absolute Gasteiger partial charge is 0.348 e. The summed E-state index contributed by atoms with van der Waals surface area (Å²) in [5.41, 5.74) is 6.50. The Hall–Kier alpha value is -2.62. The number of aryl methyl sites for hydroxylation is 3. The first-order valence-corrected chi connectivity index (χ1v) is 8.41. The lowest BCUT2D eigenvalue weighted by atomic mass is 9.90. The van der Waals surface area contributed by atoms with Crippen LogP contribution in [0.3, 0.4) is 0 Å². The van der Waals surface area contributed by atoms with Crippen molar-refractivity contribution in [2.75, 3.05) is 5.32 Å². The standard InChI is InChI=1S/C20H22N4/c1-13-4-7-16(8-5-13)18-11-19(24-20(23-18)21-12-22-24)17-9-6-14(2)10-15(17)3/h4-10,12,18-19H,11H2,1-3H3,(H,21,22,23)/t18-,19-/m1/s1. The SMILES string of the molecule is Cc1ccc([C@H]2C[C@H](c3ccc(C)cc3C)n3ncnc3N2)cc1. The van der Waals surface area contributed by atoms with Crippen molar-refractivity contribution in [3.8, 4) is 0 Å². The minimum atomic E-state index is 0.204. The van der Waals surface area contributed by atoms with E-state index in [2.05, 4.69) is 78.6 Å². The van der Waals surface area contributed by atoms with Crippen molar-refractivity contribution in [1.29, 1.82) is 0 Å². The molecule has 3 aromatic rings. The maximum atomic E-state index is 4.46. The molecule has 0 spiro atoms. The zero-order chi connectivity index (χ0) is 16.7. The maximum Gasteiger partial charge on any atom is 0.222 e. The van der Waals surface area contributed by atoms with Gasteiger partial charge < -0.3 is 5.32 Å². The lowest BCUT2D eigenvalue weighted by molar-refractivity contribution is 0.429. The van der Waals surface area contributed by atoms with E-state index in [0.717, 1.165) is 12.4 Å². The summed E-state index contributed by atoms with van der Waals surface area (Å²) in [6.45, 7) is 6.43. The Morgan fingerprint density at radius 1 is 1.00 bits per heavy atom. The number of hydrogen-bond donors (Lipinski definition) is 1. The summed E-state index contributed by atoms with van der Waals surface area (Å²) in [6.07, 6.45) is 2.60. The van der Waals surface area contributed by atoms with Gasteiger partial charge in [0.05, 0.1) is 12.1 Å². The van der Waals surface area contributed by atoms with E-state index in [9.17, 15) is 0 Å². The van der Waals surface area contributed by atoms with Gasteiger partial charge in [-0.05, 0) is 43.9 Å². The fraction of sp³-hybridized carbons (Fsp3) is 0.300. The number of benzene rings is 2. The van der Waals surface area contributed by atoms with E-state index >= 15 is 0 Å². The molecule has 2 heterocycles. The second-order valence-electron chi connectivity index (χ2n) is 6.75. The van der Waals surface area contributed by atoms with Gasteiger partial charge >= 0.3 is 0 Å². The molecule has 122 valence electrons. The molecule has 0 radical (unpaired) electrons. The second kappa shape index (κ2) is 5.78. The molecule has 2 aromatic carbocycles. The molecular weight excluding hydrogens is 296 g/mol. The molecule has 0 saturated heterocycles. The van der Waals surface area contributed by atoms with Crippen LogP contribution >= 0.6 is 0 Å². The summed E-state index contributed by atoms with van der Waals surface area (Å²) < 4.78 is 2.02. The highest BCUT2D eigenvalue weighted by atomic mass is 15.4. The van der Waals surface area contributed by atoms with Crippen molar-refractivity contribution in [3.63, 3.8) is 0 Å². The summed E-state index contributed by atoms with van der Waals surface area (Å²) in [7, 11) is 0. The number of nitrogens with one attached hydrogen (secondary N) is 1. The van der Waals surface area contributed by atoms with Crippen molar-refractivity contribution < 1.29 is 0 Å². The van der Waals surface area contributed by atoms with E-state index in [1.54, 1.807) is 6.33 Å². The number of fused-ring (bicyclic) bond motifs is 1. The van der Waals surface area contributed by atoms with Crippen molar-refractivity contribution in [2.24, 2.45) is 0 Å². The van der Waals surface area contributed by atoms with Crippen LogP contribution in [0.15, 0.2) is 48.8 Å². The van der Waals surface area contributed by atoms with Crippen LogP contribution in [0.5, 0.6) is 0 Å². The summed E-state index contributed by atoms with van der Waals surface area (Å²) in [6, 6.07) is 15.9. The summed E-state index contributed by atoms with van der Waals surface area (Å²) >= 11 is 0. The van der Waals surface area contributed by atoms with E-state index in [-0.39, 0.29) is 12.1 Å². The van der Waals surface area contributed by atoms with Crippen molar-refractivity contribution in [2.45, 2.75) is 39.3 Å². The number of aromatic nitrogens is 3. The van der Waals surface area contributed by atoms with Crippen LogP contribution in [0.1, 0.15) is 46.3 Å². The van der Waals surface area contributed by atoms with E-state index in [4.69, 9.17) is 0 Å². The van der Waals surface area contributed by atoms with Crippen LogP contribution in [0.2, 0.25) is 0 Å². The first-order valence-electron chi connectivity index (χ1n) is 8.41. The molecular formula is C20H22N4. The quantitative estimate of drug-likeness (QED) is 0.764. The first kappa shape index (κ1) is 14.9. The molecule has 4 nitrogen and oxygen atoms in total. The van der Waals surface area contributed by atoms with Gasteiger partial charge in [-0.2, -0.15) is 10.1 Å². The maximum absolute atomic E-state index is 4.46. The van der Waals surface area contributed by atoms with Crippen LogP contribution in [0.4, 0.5) is 5.95 Å². The molecule has 4 rings (SSSR count). The summed E-state index contributed by atoms with van der Waals surface area (Å²) in [4.78, 5) is 4.41. The molecule has 1 aliphatic rings. The molecule has 1 N–H and O–H groups in total. The molecule has 4 heteroatoms. The molecule has 2 atom stereocenters. The highest BCUT2D eigenvalue weighted by Gasteiger charge is 2.30. The van der Waals surface area contributed by atoms with Gasteiger partial charge in [0.15, 0.2) is 0 Å². The third kappa shape index (κ3) is 2.58. The van der Waals surface area contributed by atoms with Gasteiger partial charge in [0.1, 0.15) is 6.33 Å². The Bertz CT molecular complexity index is 864. The van der Waals surface area contributed by atoms with Crippen LogP contribution < -0.4 is 5.32 Å². The number of anilines is 1. The lowest BCUT2D eigenvalue weighted by Gasteiger charge is -2.32. The third-order valence-electron chi connectivity index (χ3n) is 4.89. The Balaban J connectivity index is 1.75. The zero-order valence-electron chi connectivity index (χ0n) is 14.3. The third-order valence-corrected chi connectivity index (χ3v) is 4.89. The van der Waals surface area contributed by atoms with Crippen molar-refractivity contribution >= 4 is 5.95 Å². The topological polar surface area (TPSA) is 42.7 Å². The fourth-order valence-electron chi connectivity index (χ4n) is 3.60. The minimum absolute atomic E-state index is 0.204. The monoisotopic (exact) mass is 318 g/mol. The second-order valence-corrected chi connectivity index (χ2v) is 6.75. The minimum Gasteiger partial charge on any atom is -0.348 e. The highest BCUT2D eigenvalue weighted by Crippen LogP contribution is 2.38. The van der Waals surface area contributed by atoms with Crippen molar-refractivity contribution in [1.82, 2.24) is 14.8 Å². The van der Waals surface area contributed by atoms with Gasteiger partial charge in [0.25, 0.3) is 0 Å². The molecule has 0 fully saturated rings. The summed E-state index contributed by atoms with van der Waals surface area (Å²) in [5, 5.41) is 8.00. The Labute approximate surface area is 142 Å². The average Bonchev–Trinajstić information content (AvgIpc) is 3.03. The van der Waals surface area contributed by atoms with Gasteiger partial charge in [0, 0.05) is 0 Å². The number of hydrogen-bond acceptors (Lipinski definition) is 3. The van der Waals surface area contributed by atoms with E-state index in [0.29, 0.717) is 0 Å². The molecule has 0 aliphatic carbocycles. The normalized spacial score (nSPS) is 19.6. The predicted octanol–water partition coefficient (Wildman–Crippen LogP) is 4.35. The number of nitrogens with zero attached hydrogens (tertiary/aromatic N) is 3. The Morgan fingerprint density at radius 2 is 1.75 bits per heavy atom. The zero-order valence-corrected chi connectivity index (χ0v) is 14.3. The smallest absolute Gasteiger partial charge is 0.222 e. The fourth-order valence-corrected chi connectivity index (χ4v) is 3.60. The molecule has 0 amide bonds. The highest BCUT2D eigenvalue weighted by molar-refractivity contribution is 5.41. The Kier molecular flexibility index (Phi) is 3.60. The van der Waals surface area contributed by atoms with E-state index < -0.39 is 0 Å². The van der Waals surface area contributed by atoms with Crippen LogP contribution in [0.25, 0.3) is 0 Å². The first-order chi connectivity index (χ1) is 11.6. The van der Waals surface area contributed by atoms with Gasteiger partial charge in [0.2, 0.25) is 5.95 Å². The molecule has 1 aromatic heterocycles. The van der Waals surface area contributed by atoms with Gasteiger partial charge in [-0.3, -0.25) is 0 Å². The van der Waals surface area contributed by atoms with Gasteiger partial charge in [-0.25, -0.2) is 4.68 Å². The van der Waals surface area contributed by atoms with Crippen LogP contribution in [-0.4, -0.2) is 14.8 Å². The summed E-state index contributed by atoms with van der Waals surface area (Å²) in [5.74, 6) is 0.844. The molecule has 0 unspecified atom stereocenters. The molecule has 1 aliphatic heterocycles. The molecule has 0 bridgehead atoms. The van der Waals surface area contributed by atoms with Crippen LogP contribution in [0, 0.1) is 20.8 Å². The predicted molar refractivity (Wildman–Crippen MR) is 96.2 cm³/mol. The van der Waals surface area contributed by atoms with Gasteiger partial charge in [-0.15, -0.1) is 0 Å². The number of rotatable bonds is 2.